The van der Waals surface area contributed by atoms with Crippen LogP contribution in [0.5, 0.6) is 0 Å². The molecule has 3 aromatic rings. The zero-order chi connectivity index (χ0) is 17.1. The SMILES string of the molecule is Cc1nc2ccccn2c1N=Nc1cccc(C(=O)OC(C)C)c1. The molecule has 0 atom stereocenters. The first-order valence-electron chi connectivity index (χ1n) is 7.71. The third kappa shape index (κ3) is 3.32. The van der Waals surface area contributed by atoms with Gasteiger partial charge in [-0.1, -0.05) is 12.1 Å². The summed E-state index contributed by atoms with van der Waals surface area (Å²) in [4.78, 5) is 16.4. The summed E-state index contributed by atoms with van der Waals surface area (Å²) >= 11 is 0. The maximum absolute atomic E-state index is 12.0. The topological polar surface area (TPSA) is 68.3 Å². The number of pyridine rings is 1. The van der Waals surface area contributed by atoms with Crippen LogP contribution in [0.25, 0.3) is 5.65 Å². The first kappa shape index (κ1) is 15.9. The van der Waals surface area contributed by atoms with Crippen LogP contribution in [0.4, 0.5) is 11.5 Å². The number of azo groups is 1. The van der Waals surface area contributed by atoms with E-state index in [2.05, 4.69) is 15.2 Å². The molecule has 122 valence electrons. The van der Waals surface area contributed by atoms with E-state index in [0.717, 1.165) is 11.3 Å². The molecule has 0 saturated carbocycles. The number of benzene rings is 1. The monoisotopic (exact) mass is 322 g/mol. The van der Waals surface area contributed by atoms with Gasteiger partial charge in [0.15, 0.2) is 5.82 Å². The van der Waals surface area contributed by atoms with Crippen LogP contribution in [-0.2, 0) is 4.74 Å². The summed E-state index contributed by atoms with van der Waals surface area (Å²) in [7, 11) is 0. The van der Waals surface area contributed by atoms with Crippen molar-refractivity contribution >= 4 is 23.1 Å². The number of esters is 1. The number of ether oxygens (including phenoxy) is 1. The highest BCUT2D eigenvalue weighted by atomic mass is 16.5. The molecule has 0 saturated heterocycles. The van der Waals surface area contributed by atoms with Crippen LogP contribution in [0.1, 0.15) is 29.9 Å². The quantitative estimate of drug-likeness (QED) is 0.520. The normalized spacial score (nSPS) is 11.5. The summed E-state index contributed by atoms with van der Waals surface area (Å²) in [6, 6.07) is 12.6. The van der Waals surface area contributed by atoms with Gasteiger partial charge < -0.3 is 4.74 Å². The third-order valence-electron chi connectivity index (χ3n) is 3.36. The molecule has 0 spiro atoms. The van der Waals surface area contributed by atoms with Crippen LogP contribution in [0.15, 0.2) is 58.9 Å². The summed E-state index contributed by atoms with van der Waals surface area (Å²) in [5.41, 5.74) is 2.65. The second-order valence-electron chi connectivity index (χ2n) is 5.65. The van der Waals surface area contributed by atoms with Crippen LogP contribution in [0.2, 0.25) is 0 Å². The average molecular weight is 322 g/mol. The molecular formula is C18H18N4O2. The van der Waals surface area contributed by atoms with Crippen molar-refractivity contribution in [3.8, 4) is 0 Å². The largest absolute Gasteiger partial charge is 0.459 e. The lowest BCUT2D eigenvalue weighted by atomic mass is 10.2. The Labute approximate surface area is 139 Å². The Hall–Kier alpha value is -3.02. The summed E-state index contributed by atoms with van der Waals surface area (Å²) in [6.07, 6.45) is 1.73. The molecule has 0 aliphatic heterocycles. The standard InChI is InChI=1S/C18H18N4O2/c1-12(2)24-18(23)14-7-6-8-15(11-14)20-21-17-13(3)19-16-9-4-5-10-22(16)17/h4-12H,1-3H3. The minimum Gasteiger partial charge on any atom is -0.459 e. The van der Waals surface area contributed by atoms with E-state index in [-0.39, 0.29) is 12.1 Å². The van der Waals surface area contributed by atoms with Gasteiger partial charge in [-0.25, -0.2) is 9.78 Å². The Morgan fingerprint density at radius 3 is 2.79 bits per heavy atom. The molecule has 0 unspecified atom stereocenters. The first-order valence-corrected chi connectivity index (χ1v) is 7.71. The van der Waals surface area contributed by atoms with Crippen molar-refractivity contribution in [1.82, 2.24) is 9.38 Å². The zero-order valence-electron chi connectivity index (χ0n) is 13.8. The predicted molar refractivity (Wildman–Crippen MR) is 91.1 cm³/mol. The van der Waals surface area contributed by atoms with Crippen molar-refractivity contribution in [2.24, 2.45) is 10.2 Å². The number of carbonyl (C=O) groups is 1. The van der Waals surface area contributed by atoms with Gasteiger partial charge >= 0.3 is 5.97 Å². The van der Waals surface area contributed by atoms with Crippen molar-refractivity contribution in [3.63, 3.8) is 0 Å². The number of fused-ring (bicyclic) bond motifs is 1. The Morgan fingerprint density at radius 1 is 1.17 bits per heavy atom. The highest BCUT2D eigenvalue weighted by Gasteiger charge is 2.10. The van der Waals surface area contributed by atoms with Gasteiger partial charge in [-0.05, 0) is 51.1 Å². The van der Waals surface area contributed by atoms with E-state index >= 15 is 0 Å². The summed E-state index contributed by atoms with van der Waals surface area (Å²) in [6.45, 7) is 5.52. The summed E-state index contributed by atoms with van der Waals surface area (Å²) < 4.78 is 7.06. The fraction of sp³-hybridized carbons (Fsp3) is 0.222. The molecule has 1 aromatic carbocycles. The van der Waals surface area contributed by atoms with E-state index < -0.39 is 0 Å². The first-order chi connectivity index (χ1) is 11.5. The number of rotatable bonds is 4. The molecule has 2 aromatic heterocycles. The maximum Gasteiger partial charge on any atom is 0.338 e. The molecule has 3 rings (SSSR count). The number of hydrogen-bond acceptors (Lipinski definition) is 5. The van der Waals surface area contributed by atoms with Gasteiger partial charge in [-0.2, -0.15) is 0 Å². The van der Waals surface area contributed by atoms with Gasteiger partial charge in [0, 0.05) is 6.20 Å². The van der Waals surface area contributed by atoms with Crippen LogP contribution in [0.3, 0.4) is 0 Å². The molecule has 0 N–H and O–H groups in total. The Balaban J connectivity index is 1.89. The summed E-state index contributed by atoms with van der Waals surface area (Å²) in [5.74, 6) is 0.300. The van der Waals surface area contributed by atoms with Crippen molar-refractivity contribution < 1.29 is 9.53 Å². The molecule has 0 aliphatic rings. The molecule has 0 fully saturated rings. The molecule has 6 nitrogen and oxygen atoms in total. The zero-order valence-corrected chi connectivity index (χ0v) is 13.8. The van der Waals surface area contributed by atoms with Crippen molar-refractivity contribution in [3.05, 3.63) is 59.9 Å². The highest BCUT2D eigenvalue weighted by Crippen LogP contribution is 2.24. The predicted octanol–water partition coefficient (Wildman–Crippen LogP) is 4.62. The third-order valence-corrected chi connectivity index (χ3v) is 3.36. The smallest absolute Gasteiger partial charge is 0.338 e. The van der Waals surface area contributed by atoms with Crippen LogP contribution < -0.4 is 0 Å². The van der Waals surface area contributed by atoms with Crippen molar-refractivity contribution in [2.75, 3.05) is 0 Å². The fourth-order valence-corrected chi connectivity index (χ4v) is 2.30. The fourth-order valence-electron chi connectivity index (χ4n) is 2.30. The number of carbonyl (C=O) groups excluding carboxylic acids is 1. The molecule has 0 aliphatic carbocycles. The number of aryl methyl sites for hydroxylation is 1. The van der Waals surface area contributed by atoms with Gasteiger partial charge in [0.25, 0.3) is 0 Å². The molecule has 0 radical (unpaired) electrons. The van der Waals surface area contributed by atoms with Gasteiger partial charge in [0.05, 0.1) is 23.0 Å². The van der Waals surface area contributed by atoms with E-state index in [1.807, 2.05) is 49.6 Å². The van der Waals surface area contributed by atoms with E-state index in [0.29, 0.717) is 17.1 Å². The van der Waals surface area contributed by atoms with Gasteiger partial charge in [0.1, 0.15) is 5.65 Å². The molecule has 0 amide bonds. The lowest BCUT2D eigenvalue weighted by Gasteiger charge is -2.07. The Kier molecular flexibility index (Phi) is 4.37. The number of aromatic nitrogens is 2. The Morgan fingerprint density at radius 2 is 2.00 bits per heavy atom. The number of hydrogen-bond donors (Lipinski definition) is 0. The molecule has 24 heavy (non-hydrogen) atoms. The minimum atomic E-state index is -0.368. The Bertz CT molecular complexity index is 912. The number of imidazole rings is 1. The van der Waals surface area contributed by atoms with Crippen LogP contribution in [-0.4, -0.2) is 21.5 Å². The van der Waals surface area contributed by atoms with E-state index in [4.69, 9.17) is 4.74 Å². The maximum atomic E-state index is 12.0. The lowest BCUT2D eigenvalue weighted by Crippen LogP contribution is -2.11. The molecule has 6 heteroatoms. The summed E-state index contributed by atoms with van der Waals surface area (Å²) in [5, 5.41) is 8.54. The van der Waals surface area contributed by atoms with E-state index in [1.54, 1.807) is 24.3 Å². The number of nitrogens with zero attached hydrogens (tertiary/aromatic N) is 4. The highest BCUT2D eigenvalue weighted by molar-refractivity contribution is 5.90. The van der Waals surface area contributed by atoms with Gasteiger partial charge in [0.2, 0.25) is 0 Å². The van der Waals surface area contributed by atoms with Crippen LogP contribution >= 0.6 is 0 Å². The van der Waals surface area contributed by atoms with E-state index in [9.17, 15) is 4.79 Å². The van der Waals surface area contributed by atoms with Crippen molar-refractivity contribution in [1.29, 1.82) is 0 Å². The van der Waals surface area contributed by atoms with Crippen LogP contribution in [0, 0.1) is 6.92 Å². The second-order valence-corrected chi connectivity index (χ2v) is 5.65. The molecule has 2 heterocycles. The minimum absolute atomic E-state index is 0.163. The average Bonchev–Trinajstić information content (AvgIpc) is 2.88. The molecule has 0 bridgehead atoms. The molecular weight excluding hydrogens is 304 g/mol. The second kappa shape index (κ2) is 6.62. The van der Waals surface area contributed by atoms with Crippen molar-refractivity contribution in [2.45, 2.75) is 26.9 Å². The van der Waals surface area contributed by atoms with Gasteiger partial charge in [-0.15, -0.1) is 10.2 Å². The lowest BCUT2D eigenvalue weighted by molar-refractivity contribution is 0.0378. The van der Waals surface area contributed by atoms with E-state index in [1.165, 1.54) is 0 Å². The van der Waals surface area contributed by atoms with Gasteiger partial charge in [-0.3, -0.25) is 4.40 Å².